The maximum Gasteiger partial charge on any atom is 0.0886 e. The van der Waals surface area contributed by atoms with Gasteiger partial charge in [0.25, 0.3) is 0 Å². The van der Waals surface area contributed by atoms with Crippen molar-refractivity contribution in [3.8, 4) is 22.5 Å². The summed E-state index contributed by atoms with van der Waals surface area (Å²) < 4.78 is 2.36. The fourth-order valence-electron chi connectivity index (χ4n) is 7.91. The largest absolute Gasteiger partial charge is 0.309 e. The predicted octanol–water partition coefficient (Wildman–Crippen LogP) is 11.0. The summed E-state index contributed by atoms with van der Waals surface area (Å²) in [6.45, 7) is 2.29. The minimum atomic E-state index is 0.245. The SMILES string of the molecule is CC1C=C(n2c3ccccc3c3cnccc32)C=CC1c1ccc(-c2ccc(-c3ccc4ccc5cccc6ccc3c4c56)cn2)nc1. The van der Waals surface area contributed by atoms with Crippen LogP contribution in [0.3, 0.4) is 0 Å². The van der Waals surface area contributed by atoms with E-state index in [2.05, 4.69) is 144 Å². The first kappa shape index (κ1) is 27.0. The second-order valence-corrected chi connectivity index (χ2v) is 13.0. The highest BCUT2D eigenvalue weighted by Gasteiger charge is 2.22. The summed E-state index contributed by atoms with van der Waals surface area (Å²) >= 11 is 0. The van der Waals surface area contributed by atoms with E-state index in [4.69, 9.17) is 9.97 Å². The van der Waals surface area contributed by atoms with Gasteiger partial charge in [0.1, 0.15) is 0 Å². The number of para-hydroxylation sites is 1. The number of aromatic nitrogens is 4. The van der Waals surface area contributed by atoms with E-state index >= 15 is 0 Å². The summed E-state index contributed by atoms with van der Waals surface area (Å²) in [6, 6.07) is 39.2. The molecule has 0 aliphatic heterocycles. The molecule has 10 rings (SSSR count). The number of pyridine rings is 3. The molecule has 2 unspecified atom stereocenters. The zero-order valence-electron chi connectivity index (χ0n) is 26.4. The molecule has 48 heavy (non-hydrogen) atoms. The van der Waals surface area contributed by atoms with Crippen molar-refractivity contribution in [2.75, 3.05) is 0 Å². The van der Waals surface area contributed by atoms with Gasteiger partial charge in [-0.1, -0.05) is 104 Å². The van der Waals surface area contributed by atoms with Gasteiger partial charge in [0.2, 0.25) is 0 Å². The van der Waals surface area contributed by atoms with Gasteiger partial charge < -0.3 is 4.57 Å². The Bertz CT molecular complexity index is 2660. The van der Waals surface area contributed by atoms with E-state index in [1.54, 1.807) is 0 Å². The van der Waals surface area contributed by atoms with Gasteiger partial charge in [-0.2, -0.15) is 0 Å². The van der Waals surface area contributed by atoms with Crippen molar-refractivity contribution in [2.24, 2.45) is 5.92 Å². The number of hydrogen-bond donors (Lipinski definition) is 0. The first-order valence-electron chi connectivity index (χ1n) is 16.5. The Morgan fingerprint density at radius 2 is 1.33 bits per heavy atom. The molecule has 4 aromatic heterocycles. The van der Waals surface area contributed by atoms with Gasteiger partial charge in [-0.25, -0.2) is 0 Å². The highest BCUT2D eigenvalue weighted by Crippen LogP contribution is 2.40. The third kappa shape index (κ3) is 4.06. The van der Waals surface area contributed by atoms with Crippen LogP contribution in [0.25, 0.3) is 82.3 Å². The molecule has 0 radical (unpaired) electrons. The monoisotopic (exact) mass is 614 g/mol. The Morgan fingerprint density at radius 3 is 2.12 bits per heavy atom. The third-order valence-corrected chi connectivity index (χ3v) is 10.2. The van der Waals surface area contributed by atoms with Crippen LogP contribution < -0.4 is 0 Å². The Labute approximate surface area is 277 Å². The Kier molecular flexibility index (Phi) is 5.88. The molecule has 0 saturated carbocycles. The molecule has 4 heteroatoms. The zero-order valence-corrected chi connectivity index (χ0v) is 26.4. The lowest BCUT2D eigenvalue weighted by molar-refractivity contribution is 0.633. The van der Waals surface area contributed by atoms with E-state index in [9.17, 15) is 0 Å². The van der Waals surface area contributed by atoms with E-state index < -0.39 is 0 Å². The van der Waals surface area contributed by atoms with Crippen LogP contribution in [0.4, 0.5) is 0 Å². The summed E-state index contributed by atoms with van der Waals surface area (Å²) in [6.07, 6.45) is 14.8. The number of allylic oxidation sites excluding steroid dienone is 4. The maximum absolute atomic E-state index is 4.89. The molecule has 0 saturated heterocycles. The van der Waals surface area contributed by atoms with E-state index in [1.807, 2.05) is 24.8 Å². The predicted molar refractivity (Wildman–Crippen MR) is 199 cm³/mol. The minimum Gasteiger partial charge on any atom is -0.309 e. The van der Waals surface area contributed by atoms with Crippen LogP contribution in [-0.4, -0.2) is 19.5 Å². The molecule has 0 amide bonds. The van der Waals surface area contributed by atoms with Crippen LogP contribution in [0.5, 0.6) is 0 Å². The van der Waals surface area contributed by atoms with Crippen molar-refractivity contribution in [1.29, 1.82) is 0 Å². The van der Waals surface area contributed by atoms with Crippen LogP contribution in [0.15, 0.2) is 152 Å². The molecular weight excluding hydrogens is 585 g/mol. The molecule has 1 aliphatic carbocycles. The quantitative estimate of drug-likeness (QED) is 0.185. The van der Waals surface area contributed by atoms with Crippen molar-refractivity contribution < 1.29 is 0 Å². The van der Waals surface area contributed by atoms with Crippen LogP contribution in [0, 0.1) is 5.92 Å². The molecule has 226 valence electrons. The minimum absolute atomic E-state index is 0.245. The van der Waals surface area contributed by atoms with Crippen LogP contribution >= 0.6 is 0 Å². The Hall–Kier alpha value is -6.13. The summed E-state index contributed by atoms with van der Waals surface area (Å²) in [5, 5.41) is 10.1. The average Bonchev–Trinajstić information content (AvgIpc) is 3.48. The zero-order chi connectivity index (χ0) is 31.8. The molecule has 1 aliphatic rings. The van der Waals surface area contributed by atoms with Gasteiger partial charge in [0.05, 0.1) is 22.4 Å². The van der Waals surface area contributed by atoms with Crippen molar-refractivity contribution in [3.63, 3.8) is 0 Å². The summed E-state index contributed by atoms with van der Waals surface area (Å²) in [5.74, 6) is 0.549. The van der Waals surface area contributed by atoms with Gasteiger partial charge >= 0.3 is 0 Å². The van der Waals surface area contributed by atoms with Crippen molar-refractivity contribution in [1.82, 2.24) is 19.5 Å². The Balaban J connectivity index is 0.934. The lowest BCUT2D eigenvalue weighted by Gasteiger charge is -2.24. The van der Waals surface area contributed by atoms with Gasteiger partial charge in [0.15, 0.2) is 0 Å². The lowest BCUT2D eigenvalue weighted by Crippen LogP contribution is -2.11. The first-order chi connectivity index (χ1) is 23.7. The van der Waals surface area contributed by atoms with Crippen molar-refractivity contribution >= 4 is 59.8 Å². The first-order valence-corrected chi connectivity index (χ1v) is 16.5. The number of rotatable bonds is 4. The van der Waals surface area contributed by atoms with E-state index in [0.717, 1.165) is 17.0 Å². The fraction of sp³-hybridized carbons (Fsp3) is 0.0682. The van der Waals surface area contributed by atoms with Gasteiger partial charge in [-0.05, 0) is 79.7 Å². The van der Waals surface area contributed by atoms with E-state index in [-0.39, 0.29) is 5.92 Å². The number of hydrogen-bond acceptors (Lipinski definition) is 3. The Morgan fingerprint density at radius 1 is 0.583 bits per heavy atom. The maximum atomic E-state index is 4.89. The number of fused-ring (bicyclic) bond motifs is 3. The third-order valence-electron chi connectivity index (χ3n) is 10.2. The van der Waals surface area contributed by atoms with Gasteiger partial charge in [0, 0.05) is 52.7 Å². The molecular formula is C44H30N4. The number of benzene rings is 5. The topological polar surface area (TPSA) is 43.6 Å². The highest BCUT2D eigenvalue weighted by atomic mass is 15.0. The molecule has 5 aromatic carbocycles. The highest BCUT2D eigenvalue weighted by molar-refractivity contribution is 6.25. The van der Waals surface area contributed by atoms with Crippen LogP contribution in [0.1, 0.15) is 18.4 Å². The van der Waals surface area contributed by atoms with E-state index in [0.29, 0.717) is 5.92 Å². The molecule has 4 nitrogen and oxygen atoms in total. The standard InChI is InChI=1S/C44H30N4/c1-27-23-33(48-41-8-3-2-7-36(41)38-26-45-22-21-42(38)48)15-18-34(27)31-13-19-39(46-24-31)40-20-14-32(25-47-40)35-16-11-30-10-9-28-5-4-6-29-12-17-37(35)44(30)43(28)29/h2-27,34H,1H3. The molecule has 4 heterocycles. The lowest BCUT2D eigenvalue weighted by atomic mass is 9.84. The number of nitrogens with zero attached hydrogens (tertiary/aromatic N) is 4. The molecule has 0 bridgehead atoms. The molecule has 0 N–H and O–H groups in total. The molecule has 2 atom stereocenters. The summed E-state index contributed by atoms with van der Waals surface area (Å²) in [4.78, 5) is 14.2. The van der Waals surface area contributed by atoms with Crippen LogP contribution in [-0.2, 0) is 0 Å². The average molecular weight is 615 g/mol. The van der Waals surface area contributed by atoms with E-state index in [1.165, 1.54) is 70.9 Å². The summed E-state index contributed by atoms with van der Waals surface area (Å²) in [7, 11) is 0. The molecule has 9 aromatic rings. The summed E-state index contributed by atoms with van der Waals surface area (Å²) in [5.41, 5.74) is 8.83. The fourth-order valence-corrected chi connectivity index (χ4v) is 7.91. The van der Waals surface area contributed by atoms with Crippen LogP contribution in [0.2, 0.25) is 0 Å². The van der Waals surface area contributed by atoms with Crippen molar-refractivity contribution in [2.45, 2.75) is 12.8 Å². The van der Waals surface area contributed by atoms with Crippen molar-refractivity contribution in [3.05, 3.63) is 158 Å². The molecule has 0 fully saturated rings. The molecule has 0 spiro atoms. The van der Waals surface area contributed by atoms with Gasteiger partial charge in [-0.15, -0.1) is 0 Å². The second-order valence-electron chi connectivity index (χ2n) is 13.0. The van der Waals surface area contributed by atoms with Gasteiger partial charge in [-0.3, -0.25) is 15.0 Å². The second kappa shape index (κ2) is 10.4. The smallest absolute Gasteiger partial charge is 0.0886 e. The normalized spacial score (nSPS) is 16.5.